The molecule has 8 nitrogen and oxygen atoms in total. The average Bonchev–Trinajstić information content (AvgIpc) is 3.20. The molecule has 0 unspecified atom stereocenters. The van der Waals surface area contributed by atoms with E-state index < -0.39 is 0 Å². The summed E-state index contributed by atoms with van der Waals surface area (Å²) < 4.78 is 18.2. The van der Waals surface area contributed by atoms with Gasteiger partial charge >= 0.3 is 0 Å². The normalized spacial score (nSPS) is 11.4. The fraction of sp³-hybridized carbons (Fsp3) is 0.609. The number of aromatic nitrogens is 3. The van der Waals surface area contributed by atoms with Crippen molar-refractivity contribution in [2.45, 2.75) is 53.2 Å². The van der Waals surface area contributed by atoms with Crippen molar-refractivity contribution in [1.82, 2.24) is 15.0 Å². The molecule has 8 heteroatoms. The van der Waals surface area contributed by atoms with Crippen molar-refractivity contribution < 1.29 is 19.0 Å². The molecule has 1 N–H and O–H groups in total. The molecular formula is C23H36N4O4. The predicted molar refractivity (Wildman–Crippen MR) is 120 cm³/mol. The summed E-state index contributed by atoms with van der Waals surface area (Å²) in [6, 6.07) is 8.29. The minimum atomic E-state index is -0.0553. The standard InChI is InChI=1S/C23H36N4O4/c1-18(2)15-20-5-7-21(8-6-20)24-23(28)9-10-29-11-12-30-13-14-31-17-22-16-27(19(3)4)26-25-22/h5-8,16,18-19H,9-15,17H2,1-4H3,(H,24,28). The number of rotatable bonds is 15. The van der Waals surface area contributed by atoms with Crippen LogP contribution in [0.3, 0.4) is 0 Å². The molecule has 1 heterocycles. The number of hydrogen-bond acceptors (Lipinski definition) is 6. The van der Waals surface area contributed by atoms with Crippen LogP contribution in [0.1, 0.15) is 51.4 Å². The molecule has 0 saturated carbocycles. The Morgan fingerprint density at radius 1 is 0.968 bits per heavy atom. The van der Waals surface area contributed by atoms with Gasteiger partial charge in [0.1, 0.15) is 5.69 Å². The van der Waals surface area contributed by atoms with Gasteiger partial charge in [-0.2, -0.15) is 0 Å². The highest BCUT2D eigenvalue weighted by molar-refractivity contribution is 5.90. The summed E-state index contributed by atoms with van der Waals surface area (Å²) in [4.78, 5) is 12.0. The Bertz CT molecular complexity index is 759. The van der Waals surface area contributed by atoms with Crippen LogP contribution < -0.4 is 5.32 Å². The molecule has 0 radical (unpaired) electrons. The molecule has 2 rings (SSSR count). The van der Waals surface area contributed by atoms with Gasteiger partial charge in [0, 0.05) is 11.7 Å². The van der Waals surface area contributed by atoms with E-state index in [0.717, 1.165) is 17.8 Å². The topological polar surface area (TPSA) is 87.5 Å². The summed E-state index contributed by atoms with van der Waals surface area (Å²) in [5.74, 6) is 0.562. The van der Waals surface area contributed by atoms with E-state index in [1.807, 2.05) is 32.2 Å². The van der Waals surface area contributed by atoms with Crippen molar-refractivity contribution in [3.05, 3.63) is 41.7 Å². The Balaban J connectivity index is 1.43. The van der Waals surface area contributed by atoms with E-state index in [9.17, 15) is 4.79 Å². The van der Waals surface area contributed by atoms with Gasteiger partial charge in [-0.05, 0) is 43.9 Å². The molecule has 0 aliphatic heterocycles. The van der Waals surface area contributed by atoms with Crippen molar-refractivity contribution >= 4 is 11.6 Å². The lowest BCUT2D eigenvalue weighted by molar-refractivity contribution is -0.117. The molecule has 0 aliphatic rings. The number of nitrogens with one attached hydrogen (secondary N) is 1. The Labute approximate surface area is 185 Å². The van der Waals surface area contributed by atoms with Gasteiger partial charge in [0.2, 0.25) is 5.91 Å². The first-order valence-corrected chi connectivity index (χ1v) is 11.0. The van der Waals surface area contributed by atoms with Crippen LogP contribution in [0.2, 0.25) is 0 Å². The smallest absolute Gasteiger partial charge is 0.226 e. The molecule has 0 atom stereocenters. The number of ether oxygens (including phenoxy) is 3. The highest BCUT2D eigenvalue weighted by atomic mass is 16.5. The molecular weight excluding hydrogens is 396 g/mol. The number of anilines is 1. The third kappa shape index (κ3) is 10.5. The van der Waals surface area contributed by atoms with E-state index >= 15 is 0 Å². The molecule has 172 valence electrons. The van der Waals surface area contributed by atoms with Crippen LogP contribution in [-0.4, -0.2) is 53.9 Å². The van der Waals surface area contributed by atoms with Crippen molar-refractivity contribution in [2.75, 3.05) is 38.4 Å². The van der Waals surface area contributed by atoms with Crippen LogP contribution in [-0.2, 0) is 32.0 Å². The Hall–Kier alpha value is -2.29. The quantitative estimate of drug-likeness (QED) is 0.433. The molecule has 0 bridgehead atoms. The molecule has 31 heavy (non-hydrogen) atoms. The second kappa shape index (κ2) is 13.9. The summed E-state index contributed by atoms with van der Waals surface area (Å²) in [7, 11) is 0. The van der Waals surface area contributed by atoms with E-state index in [2.05, 4.69) is 41.6 Å². The summed E-state index contributed by atoms with van der Waals surface area (Å²) in [5.41, 5.74) is 2.90. The molecule has 1 aromatic carbocycles. The van der Waals surface area contributed by atoms with Gasteiger partial charge in [-0.1, -0.05) is 31.2 Å². The lowest BCUT2D eigenvalue weighted by Crippen LogP contribution is -2.15. The van der Waals surface area contributed by atoms with E-state index in [4.69, 9.17) is 14.2 Å². The summed E-state index contributed by atoms with van der Waals surface area (Å²) in [6.07, 6.45) is 3.24. The van der Waals surface area contributed by atoms with Crippen LogP contribution in [0, 0.1) is 5.92 Å². The fourth-order valence-corrected chi connectivity index (χ4v) is 2.83. The molecule has 0 aliphatic carbocycles. The molecule has 1 amide bonds. The number of carbonyl (C=O) groups is 1. The van der Waals surface area contributed by atoms with Crippen molar-refractivity contribution in [3.63, 3.8) is 0 Å². The summed E-state index contributed by atoms with van der Waals surface area (Å²) >= 11 is 0. The second-order valence-electron chi connectivity index (χ2n) is 8.15. The van der Waals surface area contributed by atoms with E-state index in [1.54, 1.807) is 4.68 Å². The molecule has 0 saturated heterocycles. The van der Waals surface area contributed by atoms with Crippen molar-refractivity contribution in [1.29, 1.82) is 0 Å². The van der Waals surface area contributed by atoms with E-state index in [1.165, 1.54) is 5.56 Å². The van der Waals surface area contributed by atoms with Crippen LogP contribution in [0.4, 0.5) is 5.69 Å². The van der Waals surface area contributed by atoms with Crippen LogP contribution >= 0.6 is 0 Å². The van der Waals surface area contributed by atoms with Gasteiger partial charge in [0.05, 0.1) is 52.3 Å². The van der Waals surface area contributed by atoms with E-state index in [-0.39, 0.29) is 11.9 Å². The maximum Gasteiger partial charge on any atom is 0.226 e. The van der Waals surface area contributed by atoms with Gasteiger partial charge in [-0.25, -0.2) is 4.68 Å². The zero-order valence-corrected chi connectivity index (χ0v) is 19.2. The summed E-state index contributed by atoms with van der Waals surface area (Å²) in [6.45, 7) is 11.1. The van der Waals surface area contributed by atoms with Crippen molar-refractivity contribution in [2.24, 2.45) is 5.92 Å². The first kappa shape index (κ1) is 25.0. The average molecular weight is 433 g/mol. The molecule has 0 spiro atoms. The fourth-order valence-electron chi connectivity index (χ4n) is 2.83. The largest absolute Gasteiger partial charge is 0.379 e. The van der Waals surface area contributed by atoms with Gasteiger partial charge in [0.25, 0.3) is 0 Å². The van der Waals surface area contributed by atoms with Gasteiger partial charge < -0.3 is 19.5 Å². The van der Waals surface area contributed by atoms with Crippen LogP contribution in [0.15, 0.2) is 30.5 Å². The second-order valence-corrected chi connectivity index (χ2v) is 8.15. The summed E-state index contributed by atoms with van der Waals surface area (Å²) in [5, 5.41) is 11.0. The van der Waals surface area contributed by atoms with Crippen LogP contribution in [0.25, 0.3) is 0 Å². The number of amides is 1. The zero-order valence-electron chi connectivity index (χ0n) is 19.2. The lowest BCUT2D eigenvalue weighted by atomic mass is 10.0. The highest BCUT2D eigenvalue weighted by Crippen LogP contribution is 2.13. The van der Waals surface area contributed by atoms with Gasteiger partial charge in [-0.3, -0.25) is 4.79 Å². The first-order valence-electron chi connectivity index (χ1n) is 11.0. The van der Waals surface area contributed by atoms with Crippen molar-refractivity contribution in [3.8, 4) is 0 Å². The van der Waals surface area contributed by atoms with E-state index in [0.29, 0.717) is 52.0 Å². The number of carbonyl (C=O) groups excluding carboxylic acids is 1. The number of hydrogen-bond donors (Lipinski definition) is 1. The Morgan fingerprint density at radius 2 is 1.61 bits per heavy atom. The van der Waals surface area contributed by atoms with Crippen LogP contribution in [0.5, 0.6) is 0 Å². The molecule has 0 fully saturated rings. The maximum atomic E-state index is 12.0. The monoisotopic (exact) mass is 432 g/mol. The minimum absolute atomic E-state index is 0.0553. The highest BCUT2D eigenvalue weighted by Gasteiger charge is 2.05. The lowest BCUT2D eigenvalue weighted by Gasteiger charge is -2.09. The number of benzene rings is 1. The molecule has 1 aromatic heterocycles. The third-order valence-electron chi connectivity index (χ3n) is 4.44. The molecule has 2 aromatic rings. The minimum Gasteiger partial charge on any atom is -0.379 e. The maximum absolute atomic E-state index is 12.0. The first-order chi connectivity index (χ1) is 14.9. The SMILES string of the molecule is CC(C)Cc1ccc(NC(=O)CCOCCOCCOCc2cn(C(C)C)nn2)cc1. The van der Waals surface area contributed by atoms with Gasteiger partial charge in [0.15, 0.2) is 0 Å². The number of nitrogens with zero attached hydrogens (tertiary/aromatic N) is 3. The third-order valence-corrected chi connectivity index (χ3v) is 4.44. The van der Waals surface area contributed by atoms with Gasteiger partial charge in [-0.15, -0.1) is 5.10 Å². The zero-order chi connectivity index (χ0) is 22.5. The Kier molecular flexibility index (Phi) is 11.2. The predicted octanol–water partition coefficient (Wildman–Crippen LogP) is 3.64. The Morgan fingerprint density at radius 3 is 2.23 bits per heavy atom.